The molecule has 0 aliphatic heterocycles. The Morgan fingerprint density at radius 2 is 2.08 bits per heavy atom. The summed E-state index contributed by atoms with van der Waals surface area (Å²) in [6.07, 6.45) is 6.27. The minimum absolute atomic E-state index is 0.476. The summed E-state index contributed by atoms with van der Waals surface area (Å²) >= 11 is 0. The highest BCUT2D eigenvalue weighted by molar-refractivity contribution is 5.43. The Morgan fingerprint density at radius 3 is 2.77 bits per heavy atom. The van der Waals surface area contributed by atoms with Crippen LogP contribution in [0.4, 0.5) is 0 Å². The van der Waals surface area contributed by atoms with E-state index >= 15 is 0 Å². The van der Waals surface area contributed by atoms with Crippen molar-refractivity contribution >= 4 is 0 Å². The maximum atomic E-state index is 5.96. The van der Waals surface area contributed by atoms with Crippen molar-refractivity contribution in [2.75, 3.05) is 20.7 Å². The van der Waals surface area contributed by atoms with Crippen LogP contribution < -0.4 is 14.8 Å². The first-order valence-corrected chi connectivity index (χ1v) is 9.28. The number of nitrogens with one attached hydrogen (secondary N) is 1. The molecule has 1 atom stereocenters. The molecule has 0 bridgehead atoms. The van der Waals surface area contributed by atoms with E-state index in [1.807, 2.05) is 24.4 Å². The van der Waals surface area contributed by atoms with Crippen LogP contribution in [0.5, 0.6) is 11.5 Å². The zero-order valence-electron chi connectivity index (χ0n) is 15.9. The zero-order valence-corrected chi connectivity index (χ0v) is 15.9. The summed E-state index contributed by atoms with van der Waals surface area (Å²) in [5, 5.41) is 3.56. The summed E-state index contributed by atoms with van der Waals surface area (Å²) in [5.41, 5.74) is 2.23. The van der Waals surface area contributed by atoms with Gasteiger partial charge in [-0.2, -0.15) is 0 Å². The minimum atomic E-state index is 0.476. The van der Waals surface area contributed by atoms with Gasteiger partial charge < -0.3 is 14.8 Å². The van der Waals surface area contributed by atoms with Crippen molar-refractivity contribution in [2.24, 2.45) is 0 Å². The maximum Gasteiger partial charge on any atom is 0.161 e. The minimum Gasteiger partial charge on any atom is -0.493 e. The first-order valence-electron chi connectivity index (χ1n) is 9.28. The molecule has 1 heterocycles. The van der Waals surface area contributed by atoms with Crippen molar-refractivity contribution in [3.63, 3.8) is 0 Å². The van der Waals surface area contributed by atoms with Crippen LogP contribution in [0.2, 0.25) is 0 Å². The van der Waals surface area contributed by atoms with Gasteiger partial charge in [0.15, 0.2) is 11.5 Å². The van der Waals surface area contributed by atoms with Gasteiger partial charge in [0.2, 0.25) is 0 Å². The number of methoxy groups -OCH3 is 1. The van der Waals surface area contributed by atoms with E-state index in [4.69, 9.17) is 9.47 Å². The molecule has 0 radical (unpaired) electrons. The molecule has 5 heteroatoms. The molecule has 1 aliphatic carbocycles. The number of ether oxygens (including phenoxy) is 2. The molecule has 1 aromatic carbocycles. The summed E-state index contributed by atoms with van der Waals surface area (Å²) in [7, 11) is 3.89. The van der Waals surface area contributed by atoms with Crippen LogP contribution in [0.1, 0.15) is 30.9 Å². The number of likely N-dealkylation sites (N-methyl/N-ethyl adjacent to an activating group) is 1. The fraction of sp³-hybridized carbons (Fsp3) is 0.476. The van der Waals surface area contributed by atoms with Gasteiger partial charge in [-0.05, 0) is 50.6 Å². The smallest absolute Gasteiger partial charge is 0.161 e. The van der Waals surface area contributed by atoms with Gasteiger partial charge in [0, 0.05) is 43.1 Å². The number of hydrogen-bond acceptors (Lipinski definition) is 5. The molecule has 5 nitrogen and oxygen atoms in total. The molecule has 3 rings (SSSR count). The average Bonchev–Trinajstić information content (AvgIpc) is 3.52. The van der Waals surface area contributed by atoms with Gasteiger partial charge in [-0.15, -0.1) is 0 Å². The molecule has 26 heavy (non-hydrogen) atoms. The highest BCUT2D eigenvalue weighted by atomic mass is 16.5. The van der Waals surface area contributed by atoms with E-state index in [0.717, 1.165) is 36.2 Å². The summed E-state index contributed by atoms with van der Waals surface area (Å²) in [6.45, 7) is 4.55. The van der Waals surface area contributed by atoms with Crippen LogP contribution >= 0.6 is 0 Å². The third-order valence-corrected chi connectivity index (χ3v) is 4.93. The Labute approximate surface area is 156 Å². The standard InChI is InChI=1S/C21H29N3O2/c1-16(24(2)19-7-8-19)12-23-13-17-6-9-20(25-3)21(11-17)26-15-18-5-4-10-22-14-18/h4-6,9-11,14,16,19,23H,7-8,12-13,15H2,1-3H3. The van der Waals surface area contributed by atoms with E-state index in [0.29, 0.717) is 12.6 Å². The van der Waals surface area contributed by atoms with Crippen LogP contribution in [0.15, 0.2) is 42.7 Å². The summed E-state index contributed by atoms with van der Waals surface area (Å²) in [4.78, 5) is 6.60. The Balaban J connectivity index is 1.54. The van der Waals surface area contributed by atoms with E-state index in [1.54, 1.807) is 13.3 Å². The molecule has 0 saturated heterocycles. The Hall–Kier alpha value is -2.11. The largest absolute Gasteiger partial charge is 0.493 e. The average molecular weight is 355 g/mol. The van der Waals surface area contributed by atoms with Crippen molar-refractivity contribution < 1.29 is 9.47 Å². The molecule has 1 aliphatic rings. The third-order valence-electron chi connectivity index (χ3n) is 4.93. The Bertz CT molecular complexity index is 689. The molecule has 2 aromatic rings. The first-order chi connectivity index (χ1) is 12.7. The lowest BCUT2D eigenvalue weighted by Crippen LogP contribution is -2.38. The molecule has 1 saturated carbocycles. The predicted octanol–water partition coefficient (Wildman–Crippen LogP) is 3.24. The number of pyridine rings is 1. The number of rotatable bonds is 10. The molecule has 140 valence electrons. The van der Waals surface area contributed by atoms with Gasteiger partial charge >= 0.3 is 0 Å². The summed E-state index contributed by atoms with van der Waals surface area (Å²) < 4.78 is 11.4. The number of hydrogen-bond donors (Lipinski definition) is 1. The number of benzene rings is 1. The highest BCUT2D eigenvalue weighted by Crippen LogP contribution is 2.29. The second kappa shape index (κ2) is 9.01. The van der Waals surface area contributed by atoms with Crippen LogP contribution in [0, 0.1) is 0 Å². The van der Waals surface area contributed by atoms with Crippen LogP contribution in [-0.2, 0) is 13.2 Å². The van der Waals surface area contributed by atoms with E-state index < -0.39 is 0 Å². The topological polar surface area (TPSA) is 46.6 Å². The van der Waals surface area contributed by atoms with Crippen LogP contribution in [-0.4, -0.2) is 42.7 Å². The van der Waals surface area contributed by atoms with Gasteiger partial charge in [0.25, 0.3) is 0 Å². The van der Waals surface area contributed by atoms with Crippen LogP contribution in [0.25, 0.3) is 0 Å². The molecule has 0 spiro atoms. The predicted molar refractivity (Wildman–Crippen MR) is 104 cm³/mol. The second-order valence-electron chi connectivity index (χ2n) is 7.01. The fourth-order valence-electron chi connectivity index (χ4n) is 3.00. The SMILES string of the molecule is COc1ccc(CNCC(C)N(C)C2CC2)cc1OCc1cccnc1. The quantitative estimate of drug-likeness (QED) is 0.709. The maximum absolute atomic E-state index is 5.96. The van der Waals surface area contributed by atoms with E-state index in [-0.39, 0.29) is 0 Å². The lowest BCUT2D eigenvalue weighted by atomic mass is 10.2. The molecular weight excluding hydrogens is 326 g/mol. The van der Waals surface area contributed by atoms with Crippen molar-refractivity contribution in [3.05, 3.63) is 53.9 Å². The van der Waals surface area contributed by atoms with Crippen molar-refractivity contribution in [2.45, 2.75) is 45.0 Å². The number of aromatic nitrogens is 1. The van der Waals surface area contributed by atoms with Gasteiger partial charge in [0.1, 0.15) is 6.61 Å². The fourth-order valence-corrected chi connectivity index (χ4v) is 3.00. The van der Waals surface area contributed by atoms with Crippen molar-refractivity contribution in [1.29, 1.82) is 0 Å². The molecule has 1 N–H and O–H groups in total. The lowest BCUT2D eigenvalue weighted by Gasteiger charge is -2.24. The van der Waals surface area contributed by atoms with Gasteiger partial charge in [-0.3, -0.25) is 9.88 Å². The molecule has 0 amide bonds. The molecule has 1 fully saturated rings. The van der Waals surface area contributed by atoms with Crippen molar-refractivity contribution in [1.82, 2.24) is 15.2 Å². The first kappa shape index (κ1) is 18.7. The van der Waals surface area contributed by atoms with Gasteiger partial charge in [-0.25, -0.2) is 0 Å². The monoisotopic (exact) mass is 355 g/mol. The van der Waals surface area contributed by atoms with Gasteiger partial charge in [0.05, 0.1) is 7.11 Å². The lowest BCUT2D eigenvalue weighted by molar-refractivity contribution is 0.241. The zero-order chi connectivity index (χ0) is 18.4. The normalized spacial score (nSPS) is 15.1. The van der Waals surface area contributed by atoms with E-state index in [9.17, 15) is 0 Å². The van der Waals surface area contributed by atoms with E-state index in [1.165, 1.54) is 18.4 Å². The van der Waals surface area contributed by atoms with E-state index in [2.05, 4.69) is 41.3 Å². The molecular formula is C21H29N3O2. The highest BCUT2D eigenvalue weighted by Gasteiger charge is 2.28. The Morgan fingerprint density at radius 1 is 1.23 bits per heavy atom. The van der Waals surface area contributed by atoms with Crippen LogP contribution in [0.3, 0.4) is 0 Å². The van der Waals surface area contributed by atoms with Gasteiger partial charge in [-0.1, -0.05) is 12.1 Å². The summed E-state index contributed by atoms with van der Waals surface area (Å²) in [6, 6.07) is 11.4. The third kappa shape index (κ3) is 5.19. The second-order valence-corrected chi connectivity index (χ2v) is 7.01. The van der Waals surface area contributed by atoms with Crippen molar-refractivity contribution in [3.8, 4) is 11.5 Å². The Kier molecular flexibility index (Phi) is 6.47. The number of nitrogens with zero attached hydrogens (tertiary/aromatic N) is 2. The molecule has 1 aromatic heterocycles. The molecule has 1 unspecified atom stereocenters. The summed E-state index contributed by atoms with van der Waals surface area (Å²) in [5.74, 6) is 1.51.